The summed E-state index contributed by atoms with van der Waals surface area (Å²) < 4.78 is 9.60. The third-order valence-corrected chi connectivity index (χ3v) is 0.822. The molecule has 0 spiro atoms. The maximum absolute atomic E-state index is 10.2. The molecule has 0 N–H and O–H groups in total. The van der Waals surface area contributed by atoms with Gasteiger partial charge >= 0.3 is 5.97 Å². The van der Waals surface area contributed by atoms with Crippen molar-refractivity contribution >= 4 is 5.97 Å². The van der Waals surface area contributed by atoms with Crippen molar-refractivity contribution in [3.8, 4) is 0 Å². The number of hydrogen-bond donors (Lipinski definition) is 0. The van der Waals surface area contributed by atoms with E-state index in [-0.39, 0.29) is 5.97 Å². The fraction of sp³-hybridized carbons (Fsp3) is 0.714. The van der Waals surface area contributed by atoms with Crippen molar-refractivity contribution in [3.05, 3.63) is 6.92 Å². The standard InChI is InChI=1S/C7H13O3/c1-3-4-9-5-6-10-7(2)8/h1,3-6H2,2H3. The molecule has 0 saturated heterocycles. The van der Waals surface area contributed by atoms with E-state index in [4.69, 9.17) is 4.74 Å². The number of carbonyl (C=O) groups excluding carboxylic acids is 1. The van der Waals surface area contributed by atoms with Crippen LogP contribution < -0.4 is 0 Å². The molecule has 3 heteroatoms. The van der Waals surface area contributed by atoms with E-state index in [1.54, 1.807) is 0 Å². The van der Waals surface area contributed by atoms with Crippen LogP contribution in [-0.2, 0) is 14.3 Å². The summed E-state index contributed by atoms with van der Waals surface area (Å²) in [6.07, 6.45) is 0.750. The van der Waals surface area contributed by atoms with Crippen LogP contribution >= 0.6 is 0 Å². The highest BCUT2D eigenvalue weighted by Gasteiger charge is 1.90. The molecule has 0 rings (SSSR count). The lowest BCUT2D eigenvalue weighted by atomic mass is 10.5. The van der Waals surface area contributed by atoms with Gasteiger partial charge in [0.15, 0.2) is 0 Å². The van der Waals surface area contributed by atoms with E-state index in [1.165, 1.54) is 6.92 Å². The monoisotopic (exact) mass is 145 g/mol. The second-order valence-corrected chi connectivity index (χ2v) is 1.81. The van der Waals surface area contributed by atoms with Crippen LogP contribution in [0.5, 0.6) is 0 Å². The molecule has 0 atom stereocenters. The minimum Gasteiger partial charge on any atom is -0.463 e. The average Bonchev–Trinajstić information content (AvgIpc) is 1.87. The van der Waals surface area contributed by atoms with E-state index in [9.17, 15) is 4.79 Å². The van der Waals surface area contributed by atoms with Crippen molar-refractivity contribution in [3.63, 3.8) is 0 Å². The Hall–Kier alpha value is -0.570. The van der Waals surface area contributed by atoms with Gasteiger partial charge in [0.05, 0.1) is 6.61 Å². The van der Waals surface area contributed by atoms with Crippen LogP contribution in [0.3, 0.4) is 0 Å². The Morgan fingerprint density at radius 3 is 2.60 bits per heavy atom. The molecule has 10 heavy (non-hydrogen) atoms. The van der Waals surface area contributed by atoms with Gasteiger partial charge in [-0.2, -0.15) is 0 Å². The fourth-order valence-corrected chi connectivity index (χ4v) is 0.448. The van der Waals surface area contributed by atoms with E-state index in [0.29, 0.717) is 19.8 Å². The zero-order chi connectivity index (χ0) is 7.82. The predicted octanol–water partition coefficient (Wildman–Crippen LogP) is 0.790. The van der Waals surface area contributed by atoms with Crippen LogP contribution in [0.1, 0.15) is 13.3 Å². The van der Waals surface area contributed by atoms with Crippen LogP contribution in [-0.4, -0.2) is 25.8 Å². The van der Waals surface area contributed by atoms with Crippen molar-refractivity contribution in [2.75, 3.05) is 19.8 Å². The first-order chi connectivity index (χ1) is 4.77. The number of hydrogen-bond acceptors (Lipinski definition) is 3. The van der Waals surface area contributed by atoms with Crippen molar-refractivity contribution in [1.82, 2.24) is 0 Å². The van der Waals surface area contributed by atoms with Gasteiger partial charge in [0.25, 0.3) is 0 Å². The summed E-state index contributed by atoms with van der Waals surface area (Å²) >= 11 is 0. The molecule has 0 aromatic rings. The van der Waals surface area contributed by atoms with Crippen LogP contribution in [0.2, 0.25) is 0 Å². The molecule has 0 heterocycles. The number of ether oxygens (including phenoxy) is 2. The van der Waals surface area contributed by atoms with Gasteiger partial charge in [0, 0.05) is 13.5 Å². The van der Waals surface area contributed by atoms with Gasteiger partial charge in [-0.15, -0.1) is 0 Å². The largest absolute Gasteiger partial charge is 0.463 e. The Labute approximate surface area is 61.3 Å². The van der Waals surface area contributed by atoms with Gasteiger partial charge in [-0.1, -0.05) is 6.92 Å². The summed E-state index contributed by atoms with van der Waals surface area (Å²) in [6, 6.07) is 0. The summed E-state index contributed by atoms with van der Waals surface area (Å²) in [5, 5.41) is 0. The van der Waals surface area contributed by atoms with Crippen LogP contribution in [0.25, 0.3) is 0 Å². The maximum Gasteiger partial charge on any atom is 0.302 e. The van der Waals surface area contributed by atoms with Crippen LogP contribution in [0.4, 0.5) is 0 Å². The first-order valence-electron chi connectivity index (χ1n) is 3.27. The van der Waals surface area contributed by atoms with Gasteiger partial charge in [-0.05, 0) is 6.42 Å². The van der Waals surface area contributed by atoms with E-state index in [1.807, 2.05) is 0 Å². The number of carbonyl (C=O) groups is 1. The van der Waals surface area contributed by atoms with Gasteiger partial charge < -0.3 is 9.47 Å². The molecule has 0 amide bonds. The molecule has 0 aliphatic heterocycles. The van der Waals surface area contributed by atoms with E-state index in [2.05, 4.69) is 11.7 Å². The molecule has 0 fully saturated rings. The van der Waals surface area contributed by atoms with Gasteiger partial charge in [0.2, 0.25) is 0 Å². The minimum atomic E-state index is -0.266. The fourth-order valence-electron chi connectivity index (χ4n) is 0.448. The third-order valence-electron chi connectivity index (χ3n) is 0.822. The zero-order valence-corrected chi connectivity index (χ0v) is 6.26. The van der Waals surface area contributed by atoms with Gasteiger partial charge in [-0.25, -0.2) is 0 Å². The Morgan fingerprint density at radius 2 is 2.10 bits per heavy atom. The van der Waals surface area contributed by atoms with Crippen molar-refractivity contribution in [2.45, 2.75) is 13.3 Å². The predicted molar refractivity (Wildman–Crippen MR) is 37.4 cm³/mol. The molecule has 0 unspecified atom stereocenters. The van der Waals surface area contributed by atoms with E-state index < -0.39 is 0 Å². The van der Waals surface area contributed by atoms with Gasteiger partial charge in [0.1, 0.15) is 6.61 Å². The second-order valence-electron chi connectivity index (χ2n) is 1.81. The molecule has 0 bridgehead atoms. The number of rotatable bonds is 5. The quantitative estimate of drug-likeness (QED) is 0.424. The molecular weight excluding hydrogens is 132 g/mol. The molecule has 1 radical (unpaired) electrons. The van der Waals surface area contributed by atoms with E-state index >= 15 is 0 Å². The normalized spacial score (nSPS) is 9.40. The molecular formula is C7H13O3. The highest BCUT2D eigenvalue weighted by molar-refractivity contribution is 5.65. The Kier molecular flexibility index (Phi) is 6.18. The molecule has 59 valence electrons. The SMILES string of the molecule is [CH2]CCOCCOC(C)=O. The molecule has 0 saturated carbocycles. The lowest BCUT2D eigenvalue weighted by molar-refractivity contribution is -0.142. The average molecular weight is 145 g/mol. The van der Waals surface area contributed by atoms with Crippen molar-refractivity contribution in [2.24, 2.45) is 0 Å². The molecule has 3 nitrogen and oxygen atoms in total. The minimum absolute atomic E-state index is 0.266. The van der Waals surface area contributed by atoms with Crippen molar-refractivity contribution < 1.29 is 14.3 Å². The first-order valence-corrected chi connectivity index (χ1v) is 3.27. The summed E-state index contributed by atoms with van der Waals surface area (Å²) in [5.74, 6) is -0.266. The Morgan fingerprint density at radius 1 is 1.40 bits per heavy atom. The molecule has 0 aromatic carbocycles. The smallest absolute Gasteiger partial charge is 0.302 e. The van der Waals surface area contributed by atoms with E-state index in [0.717, 1.165) is 6.42 Å². The topological polar surface area (TPSA) is 35.5 Å². The molecule has 0 aliphatic rings. The lowest BCUT2D eigenvalue weighted by Gasteiger charge is -2.01. The Bertz CT molecular complexity index is 90.9. The summed E-state index contributed by atoms with van der Waals surface area (Å²) in [4.78, 5) is 10.2. The highest BCUT2D eigenvalue weighted by atomic mass is 16.6. The zero-order valence-electron chi connectivity index (χ0n) is 6.26. The summed E-state index contributed by atoms with van der Waals surface area (Å²) in [5.41, 5.74) is 0. The summed E-state index contributed by atoms with van der Waals surface area (Å²) in [6.45, 7) is 6.40. The highest BCUT2D eigenvalue weighted by Crippen LogP contribution is 1.81. The molecule has 0 aromatic heterocycles. The second kappa shape index (κ2) is 6.55. The lowest BCUT2D eigenvalue weighted by Crippen LogP contribution is -2.07. The Balaban J connectivity index is 2.84. The maximum atomic E-state index is 10.2. The summed E-state index contributed by atoms with van der Waals surface area (Å²) in [7, 11) is 0. The number of esters is 1. The molecule has 0 aliphatic carbocycles. The third kappa shape index (κ3) is 7.43. The first kappa shape index (κ1) is 9.43. The van der Waals surface area contributed by atoms with Gasteiger partial charge in [-0.3, -0.25) is 4.79 Å². The van der Waals surface area contributed by atoms with Crippen LogP contribution in [0, 0.1) is 6.92 Å². The van der Waals surface area contributed by atoms with Crippen LogP contribution in [0.15, 0.2) is 0 Å². The van der Waals surface area contributed by atoms with Crippen molar-refractivity contribution in [1.29, 1.82) is 0 Å².